The van der Waals surface area contributed by atoms with Crippen LogP contribution >= 0.6 is 0 Å². The highest BCUT2D eigenvalue weighted by atomic mass is 19.1. The molecule has 2 atom stereocenters. The van der Waals surface area contributed by atoms with Gasteiger partial charge in [0.1, 0.15) is 18.4 Å². The molecule has 2 unspecified atom stereocenters. The minimum Gasteiger partial charge on any atom is -0.466 e. The molecule has 0 aliphatic heterocycles. The van der Waals surface area contributed by atoms with E-state index in [0.717, 1.165) is 0 Å². The number of oxazole rings is 1. The molecule has 0 N–H and O–H groups in total. The fraction of sp³-hybridized carbons (Fsp3) is 0.529. The normalized spacial score (nSPS) is 15.1. The van der Waals surface area contributed by atoms with E-state index in [1.807, 2.05) is 13.0 Å². The van der Waals surface area contributed by atoms with E-state index in [1.54, 1.807) is 33.8 Å². The summed E-state index contributed by atoms with van der Waals surface area (Å²) in [6.07, 6.45) is 4.05. The molecular weight excluding hydrogens is 285 g/mol. The molecule has 1 rings (SSSR count). The second kappa shape index (κ2) is 8.51. The number of allylic oxidation sites excluding steroid dienone is 4. The molecule has 4 nitrogen and oxygen atoms in total. The lowest BCUT2D eigenvalue weighted by Gasteiger charge is -2.09. The zero-order valence-corrected chi connectivity index (χ0v) is 13.9. The quantitative estimate of drug-likeness (QED) is 0.563. The number of aromatic nitrogens is 1. The highest BCUT2D eigenvalue weighted by molar-refractivity contribution is 5.72. The van der Waals surface area contributed by atoms with Gasteiger partial charge in [-0.05, 0) is 33.8 Å². The van der Waals surface area contributed by atoms with Crippen LogP contribution in [0.25, 0.3) is 5.57 Å². The molecule has 1 heterocycles. The first-order chi connectivity index (χ1) is 10.4. The third-order valence-electron chi connectivity index (χ3n) is 3.25. The molecule has 0 aliphatic carbocycles. The lowest BCUT2D eigenvalue weighted by Crippen LogP contribution is -2.07. The predicted octanol–water partition coefficient (Wildman–Crippen LogP) is 4.04. The van der Waals surface area contributed by atoms with E-state index in [1.165, 1.54) is 6.08 Å². The zero-order valence-electron chi connectivity index (χ0n) is 13.9. The Morgan fingerprint density at radius 3 is 2.77 bits per heavy atom. The molecule has 0 spiro atoms. The van der Waals surface area contributed by atoms with Crippen molar-refractivity contribution >= 4 is 11.5 Å². The summed E-state index contributed by atoms with van der Waals surface area (Å²) in [5, 5.41) is 0. The number of halogens is 1. The molecule has 1 aromatic heterocycles. The van der Waals surface area contributed by atoms with Crippen LogP contribution in [0.1, 0.15) is 45.0 Å². The van der Waals surface area contributed by atoms with E-state index in [2.05, 4.69) is 4.98 Å². The molecule has 0 bridgehead atoms. The lowest BCUT2D eigenvalue weighted by molar-refractivity contribution is -0.142. The Labute approximate surface area is 131 Å². The van der Waals surface area contributed by atoms with Crippen LogP contribution in [0, 0.1) is 12.8 Å². The first kappa shape index (κ1) is 18.1. The van der Waals surface area contributed by atoms with Crippen LogP contribution in [0.3, 0.4) is 0 Å². The zero-order chi connectivity index (χ0) is 16.7. The average molecular weight is 309 g/mol. The number of esters is 1. The third-order valence-corrected chi connectivity index (χ3v) is 3.25. The SMILES string of the molecule is C/C=C\C(C)C(F)/C=C(\C)c1nc(C)c(CC(=O)OCC)o1. The van der Waals surface area contributed by atoms with Gasteiger partial charge in [0.2, 0.25) is 5.89 Å². The standard InChI is InChI=1S/C17H24FNO3/c1-6-8-11(3)14(18)9-12(4)17-19-13(5)15(22-17)10-16(20)21-7-2/h6,8-9,11,14H,7,10H2,1-5H3/b8-6-,12-9+. The fourth-order valence-corrected chi connectivity index (χ4v) is 1.98. The molecule has 122 valence electrons. The predicted molar refractivity (Wildman–Crippen MR) is 84.1 cm³/mol. The molecule has 0 aliphatic rings. The van der Waals surface area contributed by atoms with E-state index in [4.69, 9.17) is 9.15 Å². The van der Waals surface area contributed by atoms with Gasteiger partial charge in [0, 0.05) is 11.5 Å². The summed E-state index contributed by atoms with van der Waals surface area (Å²) in [5.74, 6) is 0.222. The Morgan fingerprint density at radius 2 is 2.18 bits per heavy atom. The van der Waals surface area contributed by atoms with Gasteiger partial charge < -0.3 is 9.15 Å². The maximum Gasteiger partial charge on any atom is 0.313 e. The number of carbonyl (C=O) groups is 1. The van der Waals surface area contributed by atoms with Crippen LogP contribution in [0.15, 0.2) is 22.6 Å². The Balaban J connectivity index is 2.86. The molecule has 0 amide bonds. The van der Waals surface area contributed by atoms with Crippen molar-refractivity contribution < 1.29 is 18.3 Å². The van der Waals surface area contributed by atoms with Crippen molar-refractivity contribution in [1.29, 1.82) is 0 Å². The van der Waals surface area contributed by atoms with Crippen molar-refractivity contribution in [2.75, 3.05) is 6.61 Å². The summed E-state index contributed by atoms with van der Waals surface area (Å²) in [6, 6.07) is 0. The maximum absolute atomic E-state index is 14.1. The monoisotopic (exact) mass is 309 g/mol. The Morgan fingerprint density at radius 1 is 1.50 bits per heavy atom. The van der Waals surface area contributed by atoms with Crippen molar-refractivity contribution in [2.24, 2.45) is 5.92 Å². The van der Waals surface area contributed by atoms with Crippen molar-refractivity contribution in [3.63, 3.8) is 0 Å². The highest BCUT2D eigenvalue weighted by Crippen LogP contribution is 2.21. The molecule has 0 aromatic carbocycles. The van der Waals surface area contributed by atoms with E-state index in [9.17, 15) is 9.18 Å². The van der Waals surface area contributed by atoms with Gasteiger partial charge in [-0.15, -0.1) is 0 Å². The second-order valence-electron chi connectivity index (χ2n) is 5.19. The van der Waals surface area contributed by atoms with Crippen molar-refractivity contribution in [1.82, 2.24) is 4.98 Å². The van der Waals surface area contributed by atoms with Gasteiger partial charge in [-0.25, -0.2) is 9.37 Å². The summed E-state index contributed by atoms with van der Waals surface area (Å²) < 4.78 is 24.5. The smallest absolute Gasteiger partial charge is 0.313 e. The van der Waals surface area contributed by atoms with Crippen LogP contribution in [0.2, 0.25) is 0 Å². The highest BCUT2D eigenvalue weighted by Gasteiger charge is 2.17. The number of ether oxygens (including phenoxy) is 1. The van der Waals surface area contributed by atoms with Crippen molar-refractivity contribution in [2.45, 2.75) is 47.2 Å². The van der Waals surface area contributed by atoms with Gasteiger partial charge >= 0.3 is 5.97 Å². The molecule has 22 heavy (non-hydrogen) atoms. The number of aryl methyl sites for hydroxylation is 1. The average Bonchev–Trinajstić information content (AvgIpc) is 2.80. The molecule has 0 saturated carbocycles. The molecular formula is C17H24FNO3. The third kappa shape index (κ3) is 5.13. The summed E-state index contributed by atoms with van der Waals surface area (Å²) >= 11 is 0. The summed E-state index contributed by atoms with van der Waals surface area (Å²) in [5.41, 5.74) is 1.23. The van der Waals surface area contributed by atoms with E-state index >= 15 is 0 Å². The van der Waals surface area contributed by atoms with Gasteiger partial charge in [0.05, 0.1) is 12.3 Å². The van der Waals surface area contributed by atoms with E-state index in [0.29, 0.717) is 29.5 Å². The first-order valence-electron chi connectivity index (χ1n) is 7.46. The van der Waals surface area contributed by atoms with Crippen LogP contribution in [-0.4, -0.2) is 23.7 Å². The Bertz CT molecular complexity index is 560. The minimum absolute atomic E-state index is 0.0357. The molecule has 1 aromatic rings. The van der Waals surface area contributed by atoms with Gasteiger partial charge in [0.15, 0.2) is 0 Å². The van der Waals surface area contributed by atoms with E-state index < -0.39 is 6.17 Å². The molecule has 0 fully saturated rings. The van der Waals surface area contributed by atoms with E-state index in [-0.39, 0.29) is 18.3 Å². The Kier molecular flexibility index (Phi) is 7.02. The Hall–Kier alpha value is -1.91. The van der Waals surface area contributed by atoms with Crippen molar-refractivity contribution in [3.05, 3.63) is 35.6 Å². The number of carbonyl (C=O) groups excluding carboxylic acids is 1. The molecule has 0 saturated heterocycles. The number of hydrogen-bond acceptors (Lipinski definition) is 4. The van der Waals surface area contributed by atoms with Gasteiger partial charge in [0.25, 0.3) is 0 Å². The number of hydrogen-bond donors (Lipinski definition) is 0. The topological polar surface area (TPSA) is 52.3 Å². The summed E-state index contributed by atoms with van der Waals surface area (Å²) in [6.45, 7) is 9.24. The second-order valence-corrected chi connectivity index (χ2v) is 5.19. The van der Waals surface area contributed by atoms with Crippen LogP contribution in [0.4, 0.5) is 4.39 Å². The maximum atomic E-state index is 14.1. The van der Waals surface area contributed by atoms with Gasteiger partial charge in [-0.1, -0.05) is 19.1 Å². The van der Waals surface area contributed by atoms with Gasteiger partial charge in [-0.3, -0.25) is 4.79 Å². The first-order valence-corrected chi connectivity index (χ1v) is 7.46. The lowest BCUT2D eigenvalue weighted by atomic mass is 10.0. The van der Waals surface area contributed by atoms with Crippen LogP contribution in [-0.2, 0) is 16.0 Å². The van der Waals surface area contributed by atoms with Crippen molar-refractivity contribution in [3.8, 4) is 0 Å². The summed E-state index contributed by atoms with van der Waals surface area (Å²) in [7, 11) is 0. The number of alkyl halides is 1. The fourth-order valence-electron chi connectivity index (χ4n) is 1.98. The summed E-state index contributed by atoms with van der Waals surface area (Å²) in [4.78, 5) is 15.7. The number of rotatable bonds is 7. The molecule has 0 radical (unpaired) electrons. The van der Waals surface area contributed by atoms with Crippen LogP contribution in [0.5, 0.6) is 0 Å². The molecule has 5 heteroatoms. The largest absolute Gasteiger partial charge is 0.466 e. The number of nitrogens with zero attached hydrogens (tertiary/aromatic N) is 1. The minimum atomic E-state index is -1.11. The van der Waals surface area contributed by atoms with Gasteiger partial charge in [-0.2, -0.15) is 0 Å². The van der Waals surface area contributed by atoms with Crippen LogP contribution < -0.4 is 0 Å².